The molecule has 0 unspecified atom stereocenters. The first-order chi connectivity index (χ1) is 8.29. The highest BCUT2D eigenvalue weighted by Crippen LogP contribution is 2.11. The van der Waals surface area contributed by atoms with Crippen molar-refractivity contribution in [2.24, 2.45) is 0 Å². The molecule has 2 rings (SSSR count). The molecule has 0 bridgehead atoms. The largest absolute Gasteiger partial charge is 0.356 e. The molecule has 1 N–H and O–H groups in total. The van der Waals surface area contributed by atoms with Gasteiger partial charge in [-0.25, -0.2) is 4.98 Å². The molecule has 4 heteroatoms. The Morgan fingerprint density at radius 3 is 2.76 bits per heavy atom. The molecule has 0 atom stereocenters. The van der Waals surface area contributed by atoms with Gasteiger partial charge in [-0.15, -0.1) is 0 Å². The molecular formula is C13H24N4. The molecule has 0 amide bonds. The summed E-state index contributed by atoms with van der Waals surface area (Å²) in [5, 5.41) is 3.39. The van der Waals surface area contributed by atoms with E-state index in [1.165, 1.54) is 25.9 Å². The van der Waals surface area contributed by atoms with E-state index in [1.807, 2.05) is 0 Å². The molecule has 1 aromatic heterocycles. The number of nitrogens with zero attached hydrogens (tertiary/aromatic N) is 3. The number of nitrogens with one attached hydrogen (secondary N) is 1. The number of aryl methyl sites for hydroxylation is 1. The standard InChI is InChI=1S/C13H24N4/c1-3-6-14-13-15-12(2)11-17(13)10-9-16-7-4-5-8-16/h11H,3-10H2,1-2H3,(H,14,15). The van der Waals surface area contributed by atoms with E-state index in [0.717, 1.165) is 37.7 Å². The number of hydrogen-bond donors (Lipinski definition) is 1. The highest BCUT2D eigenvalue weighted by molar-refractivity contribution is 5.28. The summed E-state index contributed by atoms with van der Waals surface area (Å²) in [5.74, 6) is 1.03. The van der Waals surface area contributed by atoms with Crippen LogP contribution in [-0.2, 0) is 6.54 Å². The number of likely N-dealkylation sites (tertiary alicyclic amines) is 1. The lowest BCUT2D eigenvalue weighted by Crippen LogP contribution is -2.24. The maximum atomic E-state index is 4.53. The van der Waals surface area contributed by atoms with Gasteiger partial charge in [0.15, 0.2) is 0 Å². The van der Waals surface area contributed by atoms with Crippen molar-refractivity contribution < 1.29 is 0 Å². The molecule has 4 nitrogen and oxygen atoms in total. The van der Waals surface area contributed by atoms with E-state index in [-0.39, 0.29) is 0 Å². The summed E-state index contributed by atoms with van der Waals surface area (Å²) < 4.78 is 2.25. The van der Waals surface area contributed by atoms with E-state index in [9.17, 15) is 0 Å². The van der Waals surface area contributed by atoms with Crippen molar-refractivity contribution in [3.63, 3.8) is 0 Å². The molecule has 1 saturated heterocycles. The van der Waals surface area contributed by atoms with E-state index >= 15 is 0 Å². The monoisotopic (exact) mass is 236 g/mol. The lowest BCUT2D eigenvalue weighted by molar-refractivity contribution is 0.323. The van der Waals surface area contributed by atoms with Gasteiger partial charge in [0.25, 0.3) is 0 Å². The summed E-state index contributed by atoms with van der Waals surface area (Å²) in [6.07, 6.45) is 6.01. The van der Waals surface area contributed by atoms with Crippen LogP contribution in [0, 0.1) is 6.92 Å². The topological polar surface area (TPSA) is 33.1 Å². The van der Waals surface area contributed by atoms with E-state index in [1.54, 1.807) is 0 Å². The molecular weight excluding hydrogens is 212 g/mol. The zero-order chi connectivity index (χ0) is 12.1. The molecule has 96 valence electrons. The van der Waals surface area contributed by atoms with E-state index in [0.29, 0.717) is 0 Å². The minimum atomic E-state index is 1.00. The first kappa shape index (κ1) is 12.4. The number of anilines is 1. The Morgan fingerprint density at radius 1 is 1.29 bits per heavy atom. The lowest BCUT2D eigenvalue weighted by Gasteiger charge is -2.16. The molecule has 1 aliphatic rings. The van der Waals surface area contributed by atoms with Crippen LogP contribution in [0.2, 0.25) is 0 Å². The number of rotatable bonds is 6. The Kier molecular flexibility index (Phi) is 4.42. The van der Waals surface area contributed by atoms with E-state index in [4.69, 9.17) is 0 Å². The van der Waals surface area contributed by atoms with Gasteiger partial charge in [0.05, 0.1) is 5.69 Å². The Balaban J connectivity index is 1.89. The van der Waals surface area contributed by atoms with Crippen LogP contribution in [0.1, 0.15) is 31.9 Å². The predicted molar refractivity (Wildman–Crippen MR) is 71.4 cm³/mol. The summed E-state index contributed by atoms with van der Waals surface area (Å²) >= 11 is 0. The number of hydrogen-bond acceptors (Lipinski definition) is 3. The van der Waals surface area contributed by atoms with Crippen molar-refractivity contribution in [3.05, 3.63) is 11.9 Å². The second kappa shape index (κ2) is 6.05. The van der Waals surface area contributed by atoms with Gasteiger partial charge < -0.3 is 14.8 Å². The Bertz CT molecular complexity index is 339. The second-order valence-corrected chi connectivity index (χ2v) is 4.87. The third-order valence-corrected chi connectivity index (χ3v) is 3.29. The molecule has 17 heavy (non-hydrogen) atoms. The normalized spacial score (nSPS) is 16.6. The van der Waals surface area contributed by atoms with Crippen LogP contribution in [0.4, 0.5) is 5.95 Å². The summed E-state index contributed by atoms with van der Waals surface area (Å²) in [6.45, 7) is 9.97. The molecule has 0 aromatic carbocycles. The molecule has 1 aromatic rings. The molecule has 0 radical (unpaired) electrons. The van der Waals surface area contributed by atoms with Crippen LogP contribution < -0.4 is 5.32 Å². The fourth-order valence-electron chi connectivity index (χ4n) is 2.35. The average Bonchev–Trinajstić information content (AvgIpc) is 2.93. The van der Waals surface area contributed by atoms with E-state index in [2.05, 4.69) is 39.8 Å². The van der Waals surface area contributed by atoms with Crippen LogP contribution in [0.25, 0.3) is 0 Å². The third kappa shape index (κ3) is 3.46. The molecule has 0 aliphatic carbocycles. The van der Waals surface area contributed by atoms with Crippen molar-refractivity contribution in [3.8, 4) is 0 Å². The molecule has 1 aliphatic heterocycles. The summed E-state index contributed by atoms with van der Waals surface area (Å²) in [4.78, 5) is 7.07. The highest BCUT2D eigenvalue weighted by atomic mass is 15.2. The Labute approximate surface area is 104 Å². The van der Waals surface area contributed by atoms with Gasteiger partial charge in [0.2, 0.25) is 5.95 Å². The van der Waals surface area contributed by atoms with Crippen molar-refractivity contribution in [1.29, 1.82) is 0 Å². The van der Waals surface area contributed by atoms with Gasteiger partial charge in [-0.2, -0.15) is 0 Å². The SMILES string of the molecule is CCCNc1nc(C)cn1CCN1CCCC1. The zero-order valence-electron chi connectivity index (χ0n) is 11.1. The summed E-state index contributed by atoms with van der Waals surface area (Å²) in [5.41, 5.74) is 1.10. The second-order valence-electron chi connectivity index (χ2n) is 4.87. The summed E-state index contributed by atoms with van der Waals surface area (Å²) in [7, 11) is 0. The Hall–Kier alpha value is -1.03. The number of aromatic nitrogens is 2. The zero-order valence-corrected chi connectivity index (χ0v) is 11.1. The first-order valence-electron chi connectivity index (χ1n) is 6.79. The molecule has 1 fully saturated rings. The minimum Gasteiger partial charge on any atom is -0.356 e. The van der Waals surface area contributed by atoms with Crippen molar-refractivity contribution in [2.75, 3.05) is 31.5 Å². The van der Waals surface area contributed by atoms with Crippen LogP contribution in [0.15, 0.2) is 6.20 Å². The molecule has 2 heterocycles. The third-order valence-electron chi connectivity index (χ3n) is 3.29. The quantitative estimate of drug-likeness (QED) is 0.821. The first-order valence-corrected chi connectivity index (χ1v) is 6.79. The van der Waals surface area contributed by atoms with E-state index < -0.39 is 0 Å². The predicted octanol–water partition coefficient (Wildman–Crippen LogP) is 2.11. The average molecular weight is 236 g/mol. The van der Waals surface area contributed by atoms with Crippen LogP contribution in [0.3, 0.4) is 0 Å². The lowest BCUT2D eigenvalue weighted by atomic mass is 10.4. The summed E-state index contributed by atoms with van der Waals surface area (Å²) in [6, 6.07) is 0. The Morgan fingerprint density at radius 2 is 2.06 bits per heavy atom. The van der Waals surface area contributed by atoms with Crippen LogP contribution >= 0.6 is 0 Å². The molecule has 0 spiro atoms. The maximum absolute atomic E-state index is 4.53. The van der Waals surface area contributed by atoms with Gasteiger partial charge in [-0.3, -0.25) is 0 Å². The van der Waals surface area contributed by atoms with Gasteiger partial charge in [-0.05, 0) is 39.3 Å². The molecule has 0 saturated carbocycles. The van der Waals surface area contributed by atoms with Crippen molar-refractivity contribution >= 4 is 5.95 Å². The fourth-order valence-corrected chi connectivity index (χ4v) is 2.35. The van der Waals surface area contributed by atoms with Gasteiger partial charge in [-0.1, -0.05) is 6.92 Å². The smallest absolute Gasteiger partial charge is 0.203 e. The van der Waals surface area contributed by atoms with Crippen molar-refractivity contribution in [2.45, 2.75) is 39.7 Å². The van der Waals surface area contributed by atoms with Gasteiger partial charge >= 0.3 is 0 Å². The van der Waals surface area contributed by atoms with Gasteiger partial charge in [0.1, 0.15) is 0 Å². The fraction of sp³-hybridized carbons (Fsp3) is 0.769. The highest BCUT2D eigenvalue weighted by Gasteiger charge is 2.12. The van der Waals surface area contributed by atoms with Crippen LogP contribution in [0.5, 0.6) is 0 Å². The van der Waals surface area contributed by atoms with Crippen molar-refractivity contribution in [1.82, 2.24) is 14.5 Å². The maximum Gasteiger partial charge on any atom is 0.203 e. The minimum absolute atomic E-state index is 1.00. The van der Waals surface area contributed by atoms with Gasteiger partial charge in [0, 0.05) is 25.8 Å². The van der Waals surface area contributed by atoms with Crippen LogP contribution in [-0.4, -0.2) is 40.6 Å². The number of imidazole rings is 1.